The number of carbonyl (C=O) groups is 2. The van der Waals surface area contributed by atoms with Crippen molar-refractivity contribution in [1.29, 1.82) is 0 Å². The molecule has 0 aromatic rings. The maximum atomic E-state index is 12.3. The van der Waals surface area contributed by atoms with E-state index in [0.717, 1.165) is 49.7 Å². The molecular formula is C15H22O2. The van der Waals surface area contributed by atoms with Gasteiger partial charge in [-0.15, -0.1) is 0 Å². The first-order valence-electron chi connectivity index (χ1n) is 6.67. The summed E-state index contributed by atoms with van der Waals surface area (Å²) >= 11 is 0. The first-order valence-corrected chi connectivity index (χ1v) is 6.67. The smallest absolute Gasteiger partial charge is 0.185 e. The monoisotopic (exact) mass is 234 g/mol. The molecule has 17 heavy (non-hydrogen) atoms. The van der Waals surface area contributed by atoms with Gasteiger partial charge in [-0.1, -0.05) is 40.0 Å². The Hall–Kier alpha value is -1.18. The Balaban J connectivity index is 3.06. The topological polar surface area (TPSA) is 34.1 Å². The summed E-state index contributed by atoms with van der Waals surface area (Å²) in [6.45, 7) is 6.12. The third kappa shape index (κ3) is 3.15. The van der Waals surface area contributed by atoms with Crippen molar-refractivity contribution in [3.8, 4) is 0 Å². The minimum atomic E-state index is 0.0679. The van der Waals surface area contributed by atoms with Crippen molar-refractivity contribution in [3.63, 3.8) is 0 Å². The van der Waals surface area contributed by atoms with Gasteiger partial charge in [0.25, 0.3) is 0 Å². The molecule has 0 saturated heterocycles. The van der Waals surface area contributed by atoms with E-state index in [0.29, 0.717) is 5.57 Å². The van der Waals surface area contributed by atoms with Crippen molar-refractivity contribution in [2.75, 3.05) is 0 Å². The van der Waals surface area contributed by atoms with Crippen LogP contribution in [0, 0.1) is 0 Å². The minimum Gasteiger partial charge on any atom is -0.290 e. The molecule has 0 aliphatic heterocycles. The van der Waals surface area contributed by atoms with E-state index in [9.17, 15) is 9.59 Å². The van der Waals surface area contributed by atoms with E-state index < -0.39 is 0 Å². The molecule has 0 fully saturated rings. The average molecular weight is 234 g/mol. The van der Waals surface area contributed by atoms with Crippen LogP contribution in [0.4, 0.5) is 0 Å². The van der Waals surface area contributed by atoms with Gasteiger partial charge < -0.3 is 0 Å². The lowest BCUT2D eigenvalue weighted by Crippen LogP contribution is -2.19. The number of Topliss-reactive ketones (excluding diaryl/α,β-unsaturated/α-hetero) is 1. The first kappa shape index (κ1) is 13.9. The van der Waals surface area contributed by atoms with Crippen LogP contribution >= 0.6 is 0 Å². The maximum absolute atomic E-state index is 12.3. The summed E-state index contributed by atoms with van der Waals surface area (Å²) in [5, 5.41) is 0. The van der Waals surface area contributed by atoms with E-state index in [1.165, 1.54) is 0 Å². The van der Waals surface area contributed by atoms with Crippen molar-refractivity contribution in [2.45, 2.75) is 59.3 Å². The highest BCUT2D eigenvalue weighted by atomic mass is 16.1. The van der Waals surface area contributed by atoms with Crippen molar-refractivity contribution in [2.24, 2.45) is 0 Å². The van der Waals surface area contributed by atoms with E-state index in [1.54, 1.807) is 6.08 Å². The fraction of sp³-hybridized carbons (Fsp3) is 0.600. The van der Waals surface area contributed by atoms with Crippen LogP contribution in [0.25, 0.3) is 0 Å². The molecule has 1 aliphatic carbocycles. The molecule has 0 N–H and O–H groups in total. The molecule has 0 atom stereocenters. The van der Waals surface area contributed by atoms with Crippen molar-refractivity contribution in [1.82, 2.24) is 0 Å². The Bertz CT molecular complexity index is 372. The number of carbonyl (C=O) groups excluding carboxylic acids is 2. The van der Waals surface area contributed by atoms with Crippen LogP contribution in [0.1, 0.15) is 59.3 Å². The van der Waals surface area contributed by atoms with E-state index in [4.69, 9.17) is 0 Å². The normalized spacial score (nSPS) is 16.5. The van der Waals surface area contributed by atoms with Gasteiger partial charge in [0.05, 0.1) is 0 Å². The SMILES string of the molecule is CCCC1=CC(=O)C(CCC)=C(CCC)C1=O. The fourth-order valence-corrected chi connectivity index (χ4v) is 2.28. The average Bonchev–Trinajstić information content (AvgIpc) is 2.30. The molecule has 0 spiro atoms. The second-order valence-corrected chi connectivity index (χ2v) is 4.57. The summed E-state index contributed by atoms with van der Waals surface area (Å²) in [6.07, 6.45) is 6.50. The Kier molecular flexibility index (Phi) is 5.33. The van der Waals surface area contributed by atoms with Crippen LogP contribution in [0.2, 0.25) is 0 Å². The third-order valence-corrected chi connectivity index (χ3v) is 3.05. The van der Waals surface area contributed by atoms with Gasteiger partial charge in [0, 0.05) is 16.7 Å². The van der Waals surface area contributed by atoms with E-state index in [1.807, 2.05) is 20.8 Å². The van der Waals surface area contributed by atoms with Gasteiger partial charge in [-0.2, -0.15) is 0 Å². The summed E-state index contributed by atoms with van der Waals surface area (Å²) in [5.74, 6) is 0.190. The van der Waals surface area contributed by atoms with Gasteiger partial charge in [0.2, 0.25) is 0 Å². The van der Waals surface area contributed by atoms with Gasteiger partial charge in [0.15, 0.2) is 11.6 Å². The summed E-state index contributed by atoms with van der Waals surface area (Å²) < 4.78 is 0. The first-order chi connectivity index (χ1) is 8.15. The lowest BCUT2D eigenvalue weighted by atomic mass is 9.84. The van der Waals surface area contributed by atoms with Crippen LogP contribution < -0.4 is 0 Å². The number of hydrogen-bond donors (Lipinski definition) is 0. The summed E-state index contributed by atoms with van der Waals surface area (Å²) in [5.41, 5.74) is 2.25. The van der Waals surface area contributed by atoms with Crippen molar-refractivity contribution in [3.05, 3.63) is 22.8 Å². The number of hydrogen-bond acceptors (Lipinski definition) is 2. The lowest BCUT2D eigenvalue weighted by Gasteiger charge is -2.18. The minimum absolute atomic E-state index is 0.0679. The van der Waals surface area contributed by atoms with Gasteiger partial charge in [-0.25, -0.2) is 0 Å². The van der Waals surface area contributed by atoms with E-state index in [-0.39, 0.29) is 11.6 Å². The van der Waals surface area contributed by atoms with Crippen LogP contribution in [0.5, 0.6) is 0 Å². The Morgan fingerprint density at radius 1 is 0.824 bits per heavy atom. The number of ketones is 2. The highest BCUT2D eigenvalue weighted by Crippen LogP contribution is 2.27. The van der Waals surface area contributed by atoms with E-state index >= 15 is 0 Å². The quantitative estimate of drug-likeness (QED) is 0.656. The molecule has 2 nitrogen and oxygen atoms in total. The second kappa shape index (κ2) is 6.53. The molecule has 1 aliphatic rings. The highest BCUT2D eigenvalue weighted by Gasteiger charge is 2.26. The number of allylic oxidation sites excluding steroid dienone is 4. The highest BCUT2D eigenvalue weighted by molar-refractivity contribution is 6.22. The van der Waals surface area contributed by atoms with Crippen LogP contribution in [0.15, 0.2) is 22.8 Å². The molecule has 0 bridgehead atoms. The molecule has 1 rings (SSSR count). The number of rotatable bonds is 6. The Labute approximate surface area is 104 Å². The molecular weight excluding hydrogens is 212 g/mol. The van der Waals surface area contributed by atoms with Crippen LogP contribution in [-0.4, -0.2) is 11.6 Å². The molecule has 0 amide bonds. The molecule has 0 heterocycles. The zero-order valence-electron chi connectivity index (χ0n) is 11.1. The van der Waals surface area contributed by atoms with Crippen LogP contribution in [-0.2, 0) is 9.59 Å². The Morgan fingerprint density at radius 2 is 1.35 bits per heavy atom. The molecule has 0 aromatic heterocycles. The molecule has 0 radical (unpaired) electrons. The molecule has 0 saturated carbocycles. The summed E-state index contributed by atoms with van der Waals surface area (Å²) in [4.78, 5) is 24.3. The standard InChI is InChI=1S/C15H22O2/c1-4-7-11-10-14(16)12(8-5-2)13(9-6-3)15(11)17/h10H,4-9H2,1-3H3. The molecule has 2 heteroatoms. The summed E-state index contributed by atoms with van der Waals surface area (Å²) in [7, 11) is 0. The maximum Gasteiger partial charge on any atom is 0.185 e. The molecule has 94 valence electrons. The Morgan fingerprint density at radius 3 is 1.88 bits per heavy atom. The third-order valence-electron chi connectivity index (χ3n) is 3.05. The molecule has 0 unspecified atom stereocenters. The second-order valence-electron chi connectivity index (χ2n) is 4.57. The largest absolute Gasteiger partial charge is 0.290 e. The van der Waals surface area contributed by atoms with Gasteiger partial charge >= 0.3 is 0 Å². The van der Waals surface area contributed by atoms with Crippen molar-refractivity contribution >= 4 is 11.6 Å². The predicted molar refractivity (Wildman–Crippen MR) is 69.8 cm³/mol. The fourth-order valence-electron chi connectivity index (χ4n) is 2.28. The van der Waals surface area contributed by atoms with Crippen molar-refractivity contribution < 1.29 is 9.59 Å². The lowest BCUT2D eigenvalue weighted by molar-refractivity contribution is -0.116. The summed E-state index contributed by atoms with van der Waals surface area (Å²) in [6, 6.07) is 0. The van der Waals surface area contributed by atoms with Gasteiger partial charge in [0.1, 0.15) is 0 Å². The van der Waals surface area contributed by atoms with Crippen LogP contribution in [0.3, 0.4) is 0 Å². The zero-order valence-corrected chi connectivity index (χ0v) is 11.1. The van der Waals surface area contributed by atoms with Gasteiger partial charge in [-0.3, -0.25) is 9.59 Å². The predicted octanol–water partition coefficient (Wildman–Crippen LogP) is 3.76. The molecule has 0 aromatic carbocycles. The zero-order chi connectivity index (χ0) is 12.8. The van der Waals surface area contributed by atoms with Gasteiger partial charge in [-0.05, 0) is 25.3 Å². The van der Waals surface area contributed by atoms with E-state index in [2.05, 4.69) is 0 Å².